The lowest BCUT2D eigenvalue weighted by Gasteiger charge is -2.33. The molecule has 0 aromatic heterocycles. The number of nitrogens with zero attached hydrogens (tertiary/aromatic N) is 2. The summed E-state index contributed by atoms with van der Waals surface area (Å²) in [6.45, 7) is 8.30. The molecule has 17 heavy (non-hydrogen) atoms. The normalized spacial score (nSPS) is 20.1. The second-order valence-electron chi connectivity index (χ2n) is 5.47. The summed E-state index contributed by atoms with van der Waals surface area (Å²) in [7, 11) is 0. The highest BCUT2D eigenvalue weighted by molar-refractivity contribution is 5.79. The van der Waals surface area contributed by atoms with Gasteiger partial charge >= 0.3 is 0 Å². The number of piperidine rings is 1. The van der Waals surface area contributed by atoms with E-state index >= 15 is 0 Å². The zero-order valence-electron chi connectivity index (χ0n) is 11.2. The van der Waals surface area contributed by atoms with Gasteiger partial charge in [0.25, 0.3) is 0 Å². The lowest BCUT2D eigenvalue weighted by atomic mass is 9.87. The van der Waals surface area contributed by atoms with Gasteiger partial charge in [-0.25, -0.2) is 0 Å². The minimum atomic E-state index is 0.350. The Bertz CT molecular complexity index is 233. The molecule has 1 aliphatic rings. The van der Waals surface area contributed by atoms with Crippen LogP contribution in [0.2, 0.25) is 0 Å². The van der Waals surface area contributed by atoms with Crippen molar-refractivity contribution in [3.8, 4) is 0 Å². The number of rotatable bonds is 6. The highest BCUT2D eigenvalue weighted by Gasteiger charge is 2.20. The van der Waals surface area contributed by atoms with Gasteiger partial charge in [0.15, 0.2) is 0 Å². The van der Waals surface area contributed by atoms with Crippen molar-refractivity contribution in [2.24, 2.45) is 22.7 Å². The van der Waals surface area contributed by atoms with E-state index in [4.69, 9.17) is 10.9 Å². The van der Waals surface area contributed by atoms with Crippen molar-refractivity contribution in [1.82, 2.24) is 4.90 Å². The molecule has 4 heteroatoms. The van der Waals surface area contributed by atoms with E-state index in [9.17, 15) is 0 Å². The molecule has 4 nitrogen and oxygen atoms in total. The molecule has 0 atom stereocenters. The van der Waals surface area contributed by atoms with Gasteiger partial charge in [0.2, 0.25) is 0 Å². The molecular weight excluding hydrogens is 214 g/mol. The van der Waals surface area contributed by atoms with Crippen molar-refractivity contribution >= 4 is 5.84 Å². The minimum absolute atomic E-state index is 0.350. The zero-order valence-corrected chi connectivity index (χ0v) is 11.2. The second-order valence-corrected chi connectivity index (χ2v) is 5.47. The number of hydrogen-bond acceptors (Lipinski definition) is 3. The summed E-state index contributed by atoms with van der Waals surface area (Å²) < 4.78 is 0. The van der Waals surface area contributed by atoms with Gasteiger partial charge < -0.3 is 15.8 Å². The summed E-state index contributed by atoms with van der Waals surface area (Å²) in [5, 5.41) is 11.4. The van der Waals surface area contributed by atoms with Crippen LogP contribution in [-0.4, -0.2) is 35.6 Å². The molecule has 0 spiro atoms. The number of unbranched alkanes of at least 4 members (excludes halogenated alkanes) is 1. The Balaban J connectivity index is 2.06. The van der Waals surface area contributed by atoms with Crippen LogP contribution in [0.1, 0.15) is 46.0 Å². The van der Waals surface area contributed by atoms with Crippen LogP contribution in [0.5, 0.6) is 0 Å². The van der Waals surface area contributed by atoms with Gasteiger partial charge in [0.05, 0.1) is 0 Å². The molecule has 0 aromatic rings. The standard InChI is InChI=1S/C13H27N3O/c1-11(2)12-6-9-16(10-7-12)8-4-3-5-13(14)15-17/h11-12,17H,3-10H2,1-2H3,(H2,14,15). The van der Waals surface area contributed by atoms with Crippen LogP contribution in [0.4, 0.5) is 0 Å². The molecule has 0 bridgehead atoms. The number of hydrogen-bond donors (Lipinski definition) is 2. The predicted octanol–water partition coefficient (Wildman–Crippen LogP) is 2.27. The molecule has 0 unspecified atom stereocenters. The molecule has 3 N–H and O–H groups in total. The molecule has 1 saturated heterocycles. The van der Waals surface area contributed by atoms with Crippen molar-refractivity contribution in [3.05, 3.63) is 0 Å². The van der Waals surface area contributed by atoms with Crippen LogP contribution >= 0.6 is 0 Å². The van der Waals surface area contributed by atoms with Crippen LogP contribution in [0.3, 0.4) is 0 Å². The first-order chi connectivity index (χ1) is 8.13. The van der Waals surface area contributed by atoms with Gasteiger partial charge in [-0.1, -0.05) is 19.0 Å². The van der Waals surface area contributed by atoms with Gasteiger partial charge in [0, 0.05) is 6.42 Å². The summed E-state index contributed by atoms with van der Waals surface area (Å²) in [6, 6.07) is 0. The molecule has 1 rings (SSSR count). The monoisotopic (exact) mass is 241 g/mol. The van der Waals surface area contributed by atoms with Gasteiger partial charge in [-0.05, 0) is 57.2 Å². The highest BCUT2D eigenvalue weighted by Crippen LogP contribution is 2.24. The Labute approximate surface area is 105 Å². The fourth-order valence-electron chi connectivity index (χ4n) is 2.53. The maximum atomic E-state index is 8.42. The average Bonchev–Trinajstić information content (AvgIpc) is 2.34. The van der Waals surface area contributed by atoms with E-state index in [-0.39, 0.29) is 0 Å². The molecule has 1 aliphatic heterocycles. The molecule has 0 aromatic carbocycles. The van der Waals surface area contributed by atoms with Crippen LogP contribution < -0.4 is 5.73 Å². The van der Waals surface area contributed by atoms with E-state index in [2.05, 4.69) is 23.9 Å². The Hall–Kier alpha value is -0.770. The summed E-state index contributed by atoms with van der Waals surface area (Å²) in [5.74, 6) is 2.10. The molecule has 0 amide bonds. The minimum Gasteiger partial charge on any atom is -0.409 e. The van der Waals surface area contributed by atoms with E-state index in [1.54, 1.807) is 0 Å². The van der Waals surface area contributed by atoms with Crippen LogP contribution in [0.15, 0.2) is 5.16 Å². The number of oxime groups is 1. The first-order valence-corrected chi connectivity index (χ1v) is 6.82. The third kappa shape index (κ3) is 5.39. The summed E-state index contributed by atoms with van der Waals surface area (Å²) >= 11 is 0. The maximum Gasteiger partial charge on any atom is 0.139 e. The average molecular weight is 241 g/mol. The van der Waals surface area contributed by atoms with Crippen LogP contribution in [-0.2, 0) is 0 Å². The van der Waals surface area contributed by atoms with Crippen molar-refractivity contribution < 1.29 is 5.21 Å². The van der Waals surface area contributed by atoms with Crippen molar-refractivity contribution in [1.29, 1.82) is 0 Å². The van der Waals surface area contributed by atoms with Crippen molar-refractivity contribution in [2.45, 2.75) is 46.0 Å². The van der Waals surface area contributed by atoms with E-state index in [0.717, 1.165) is 31.2 Å². The molecule has 1 heterocycles. The topological polar surface area (TPSA) is 61.8 Å². The summed E-state index contributed by atoms with van der Waals surface area (Å²) in [6.07, 6.45) is 5.55. The molecule has 0 aliphatic carbocycles. The lowest BCUT2D eigenvalue weighted by Crippen LogP contribution is -2.35. The van der Waals surface area contributed by atoms with E-state index in [0.29, 0.717) is 12.3 Å². The highest BCUT2D eigenvalue weighted by atomic mass is 16.4. The molecule has 0 radical (unpaired) electrons. The quantitative estimate of drug-likeness (QED) is 0.246. The third-order valence-corrected chi connectivity index (χ3v) is 3.86. The predicted molar refractivity (Wildman–Crippen MR) is 71.3 cm³/mol. The third-order valence-electron chi connectivity index (χ3n) is 3.86. The summed E-state index contributed by atoms with van der Waals surface area (Å²) in [4.78, 5) is 2.55. The van der Waals surface area contributed by atoms with Crippen molar-refractivity contribution in [2.75, 3.05) is 19.6 Å². The smallest absolute Gasteiger partial charge is 0.139 e. The van der Waals surface area contributed by atoms with Crippen molar-refractivity contribution in [3.63, 3.8) is 0 Å². The molecule has 1 fully saturated rings. The fourth-order valence-corrected chi connectivity index (χ4v) is 2.53. The molecular formula is C13H27N3O. The summed E-state index contributed by atoms with van der Waals surface area (Å²) in [5.41, 5.74) is 5.43. The first-order valence-electron chi connectivity index (χ1n) is 6.82. The van der Waals surface area contributed by atoms with Gasteiger partial charge in [-0.3, -0.25) is 0 Å². The Morgan fingerprint density at radius 2 is 2.00 bits per heavy atom. The molecule has 0 saturated carbocycles. The van der Waals surface area contributed by atoms with E-state index < -0.39 is 0 Å². The van der Waals surface area contributed by atoms with Gasteiger partial charge in [-0.2, -0.15) is 0 Å². The number of amidine groups is 1. The van der Waals surface area contributed by atoms with Crippen LogP contribution in [0, 0.1) is 11.8 Å². The van der Waals surface area contributed by atoms with Gasteiger partial charge in [0.1, 0.15) is 5.84 Å². The number of likely N-dealkylation sites (tertiary alicyclic amines) is 1. The largest absolute Gasteiger partial charge is 0.409 e. The zero-order chi connectivity index (χ0) is 12.7. The maximum absolute atomic E-state index is 8.42. The van der Waals surface area contributed by atoms with E-state index in [1.165, 1.54) is 25.9 Å². The Morgan fingerprint density at radius 1 is 1.35 bits per heavy atom. The second kappa shape index (κ2) is 7.54. The Morgan fingerprint density at radius 3 is 2.53 bits per heavy atom. The first kappa shape index (κ1) is 14.3. The SMILES string of the molecule is CC(C)C1CCN(CCCCC(N)=NO)CC1. The molecule has 100 valence electrons. The fraction of sp³-hybridized carbons (Fsp3) is 0.923. The van der Waals surface area contributed by atoms with Gasteiger partial charge in [-0.15, -0.1) is 0 Å². The van der Waals surface area contributed by atoms with Crippen LogP contribution in [0.25, 0.3) is 0 Å². The Kier molecular flexibility index (Phi) is 6.34. The lowest BCUT2D eigenvalue weighted by molar-refractivity contribution is 0.156. The van der Waals surface area contributed by atoms with E-state index in [1.807, 2.05) is 0 Å². The number of nitrogens with two attached hydrogens (primary N) is 1.